The number of carbonyl (C=O) groups is 1. The fraction of sp³-hybridized carbons (Fsp3) is 0.182. The van der Waals surface area contributed by atoms with Gasteiger partial charge in [-0.1, -0.05) is 0 Å². The Morgan fingerprint density at radius 2 is 2.39 bits per heavy atom. The fourth-order valence-electron chi connectivity index (χ4n) is 1.40. The second-order valence-corrected chi connectivity index (χ2v) is 4.47. The highest BCUT2D eigenvalue weighted by atomic mass is 79.9. The molecule has 18 heavy (non-hydrogen) atoms. The largest absolute Gasteiger partial charge is 0.460 e. The molecule has 0 aromatic carbocycles. The lowest BCUT2D eigenvalue weighted by Crippen LogP contribution is -2.21. The van der Waals surface area contributed by atoms with E-state index in [2.05, 4.69) is 31.6 Å². The molecule has 1 amide bonds. The highest BCUT2D eigenvalue weighted by Crippen LogP contribution is 2.14. The first-order valence-electron chi connectivity index (χ1n) is 5.15. The normalized spacial score (nSPS) is 11.1. The Hall–Kier alpha value is -1.89. The van der Waals surface area contributed by atoms with Crippen LogP contribution >= 0.6 is 15.9 Å². The molecular formula is C11H11BrN4O2. The highest BCUT2D eigenvalue weighted by molar-refractivity contribution is 9.10. The first-order valence-corrected chi connectivity index (χ1v) is 5.94. The zero-order valence-electron chi connectivity index (χ0n) is 9.85. The SMILES string of the molecule is Cc1ccc(C=NNC(=O)c2c(Br)cnn2C)o1. The Labute approximate surface area is 112 Å². The molecule has 94 valence electrons. The van der Waals surface area contributed by atoms with Crippen LogP contribution in [0.15, 0.2) is 32.3 Å². The number of nitrogens with one attached hydrogen (secondary N) is 1. The number of halogens is 1. The zero-order chi connectivity index (χ0) is 13.1. The minimum absolute atomic E-state index is 0.346. The van der Waals surface area contributed by atoms with Gasteiger partial charge in [0.2, 0.25) is 0 Å². The molecule has 0 aliphatic carbocycles. The Morgan fingerprint density at radius 3 is 2.94 bits per heavy atom. The van der Waals surface area contributed by atoms with Gasteiger partial charge in [0.15, 0.2) is 0 Å². The molecule has 0 saturated heterocycles. The van der Waals surface area contributed by atoms with E-state index in [-0.39, 0.29) is 5.91 Å². The topological polar surface area (TPSA) is 72.4 Å². The summed E-state index contributed by atoms with van der Waals surface area (Å²) in [5, 5.41) is 7.76. The van der Waals surface area contributed by atoms with Gasteiger partial charge in [-0.25, -0.2) is 5.43 Å². The van der Waals surface area contributed by atoms with Gasteiger partial charge in [-0.2, -0.15) is 10.2 Å². The Bertz CT molecular complexity index is 580. The molecule has 2 aromatic heterocycles. The van der Waals surface area contributed by atoms with Gasteiger partial charge in [-0.05, 0) is 35.0 Å². The molecule has 1 N–H and O–H groups in total. The van der Waals surface area contributed by atoms with Crippen molar-refractivity contribution in [3.05, 3.63) is 40.0 Å². The Morgan fingerprint density at radius 1 is 1.61 bits per heavy atom. The number of rotatable bonds is 3. The van der Waals surface area contributed by atoms with Crippen molar-refractivity contribution in [3.63, 3.8) is 0 Å². The number of aryl methyl sites for hydroxylation is 2. The van der Waals surface area contributed by atoms with Gasteiger partial charge >= 0.3 is 0 Å². The predicted octanol–water partition coefficient (Wildman–Crippen LogP) is 1.85. The van der Waals surface area contributed by atoms with Gasteiger partial charge in [-0.15, -0.1) is 0 Å². The van der Waals surface area contributed by atoms with Gasteiger partial charge in [0, 0.05) is 7.05 Å². The fourth-order valence-corrected chi connectivity index (χ4v) is 1.92. The van der Waals surface area contributed by atoms with E-state index < -0.39 is 0 Å². The molecule has 0 bridgehead atoms. The lowest BCUT2D eigenvalue weighted by atomic mass is 10.4. The van der Waals surface area contributed by atoms with Gasteiger partial charge in [0.05, 0.1) is 16.9 Å². The molecule has 6 nitrogen and oxygen atoms in total. The lowest BCUT2D eigenvalue weighted by molar-refractivity contribution is 0.0945. The van der Waals surface area contributed by atoms with Crippen LogP contribution in [0, 0.1) is 6.92 Å². The summed E-state index contributed by atoms with van der Waals surface area (Å²) in [6.45, 7) is 1.84. The standard InChI is InChI=1S/C11H11BrN4O2/c1-7-3-4-8(18-7)5-13-15-11(17)10-9(12)6-14-16(10)2/h3-6H,1-2H3,(H,15,17). The summed E-state index contributed by atoms with van der Waals surface area (Å²) in [6.07, 6.45) is 2.99. The Kier molecular flexibility index (Phi) is 3.61. The van der Waals surface area contributed by atoms with Crippen molar-refractivity contribution in [2.45, 2.75) is 6.92 Å². The molecule has 0 unspecified atom stereocenters. The average Bonchev–Trinajstić information content (AvgIpc) is 2.86. The number of aromatic nitrogens is 2. The molecule has 2 rings (SSSR count). The molecule has 0 aliphatic heterocycles. The summed E-state index contributed by atoms with van der Waals surface area (Å²) in [7, 11) is 1.68. The third kappa shape index (κ3) is 2.67. The van der Waals surface area contributed by atoms with Crippen LogP contribution in [0.5, 0.6) is 0 Å². The van der Waals surface area contributed by atoms with Crippen LogP contribution in [0.2, 0.25) is 0 Å². The average molecular weight is 311 g/mol. The summed E-state index contributed by atoms with van der Waals surface area (Å²) in [4.78, 5) is 11.8. The molecule has 0 aliphatic rings. The third-order valence-electron chi connectivity index (χ3n) is 2.23. The van der Waals surface area contributed by atoms with Crippen molar-refractivity contribution in [2.75, 3.05) is 0 Å². The maximum Gasteiger partial charge on any atom is 0.290 e. The molecule has 0 spiro atoms. The molecule has 0 fully saturated rings. The van der Waals surface area contributed by atoms with E-state index >= 15 is 0 Å². The minimum atomic E-state index is -0.346. The van der Waals surface area contributed by atoms with E-state index in [1.807, 2.05) is 13.0 Å². The maximum atomic E-state index is 11.8. The summed E-state index contributed by atoms with van der Waals surface area (Å²) < 4.78 is 7.36. The summed E-state index contributed by atoms with van der Waals surface area (Å²) in [5.74, 6) is 1.02. The van der Waals surface area contributed by atoms with Crippen LogP contribution in [0.3, 0.4) is 0 Å². The zero-order valence-corrected chi connectivity index (χ0v) is 11.4. The van der Waals surface area contributed by atoms with E-state index in [0.29, 0.717) is 15.9 Å². The van der Waals surface area contributed by atoms with E-state index in [9.17, 15) is 4.79 Å². The number of furan rings is 1. The quantitative estimate of drug-likeness (QED) is 0.694. The van der Waals surface area contributed by atoms with Crippen molar-refractivity contribution in [3.8, 4) is 0 Å². The summed E-state index contributed by atoms with van der Waals surface area (Å²) >= 11 is 3.24. The van der Waals surface area contributed by atoms with Crippen LogP contribution in [-0.2, 0) is 7.05 Å². The number of carbonyl (C=O) groups excluding carboxylic acids is 1. The van der Waals surface area contributed by atoms with Crippen molar-refractivity contribution in [1.82, 2.24) is 15.2 Å². The van der Waals surface area contributed by atoms with Crippen LogP contribution in [-0.4, -0.2) is 21.9 Å². The molecule has 2 aromatic rings. The number of nitrogens with zero attached hydrogens (tertiary/aromatic N) is 3. The molecule has 0 radical (unpaired) electrons. The van der Waals surface area contributed by atoms with E-state index in [0.717, 1.165) is 5.76 Å². The monoisotopic (exact) mass is 310 g/mol. The second-order valence-electron chi connectivity index (χ2n) is 3.61. The van der Waals surface area contributed by atoms with Gasteiger partial charge < -0.3 is 4.42 Å². The van der Waals surface area contributed by atoms with Crippen molar-refractivity contribution in [2.24, 2.45) is 12.1 Å². The molecule has 2 heterocycles. The van der Waals surface area contributed by atoms with Crippen LogP contribution in [0.1, 0.15) is 22.0 Å². The number of hydrogen-bond donors (Lipinski definition) is 1. The number of hydrogen-bond acceptors (Lipinski definition) is 4. The number of amides is 1. The Balaban J connectivity index is 2.03. The minimum Gasteiger partial charge on any atom is -0.460 e. The predicted molar refractivity (Wildman–Crippen MR) is 69.4 cm³/mol. The van der Waals surface area contributed by atoms with Crippen LogP contribution in [0.25, 0.3) is 0 Å². The van der Waals surface area contributed by atoms with Crippen molar-refractivity contribution >= 4 is 28.1 Å². The summed E-state index contributed by atoms with van der Waals surface area (Å²) in [5.41, 5.74) is 2.81. The van der Waals surface area contributed by atoms with Crippen LogP contribution < -0.4 is 5.43 Å². The molecular weight excluding hydrogens is 300 g/mol. The lowest BCUT2D eigenvalue weighted by Gasteiger charge is -2.00. The second kappa shape index (κ2) is 5.18. The summed E-state index contributed by atoms with van der Waals surface area (Å²) in [6, 6.07) is 3.59. The van der Waals surface area contributed by atoms with Crippen LogP contribution in [0.4, 0.5) is 0 Å². The van der Waals surface area contributed by atoms with Crippen molar-refractivity contribution in [1.29, 1.82) is 0 Å². The molecule has 0 atom stereocenters. The molecule has 7 heteroatoms. The highest BCUT2D eigenvalue weighted by Gasteiger charge is 2.14. The first kappa shape index (κ1) is 12.6. The van der Waals surface area contributed by atoms with Crippen molar-refractivity contribution < 1.29 is 9.21 Å². The smallest absolute Gasteiger partial charge is 0.290 e. The van der Waals surface area contributed by atoms with E-state index in [1.165, 1.54) is 10.9 Å². The van der Waals surface area contributed by atoms with Gasteiger partial charge in [0.25, 0.3) is 5.91 Å². The number of hydrazone groups is 1. The molecule has 0 saturated carbocycles. The first-order chi connectivity index (χ1) is 8.58. The van der Waals surface area contributed by atoms with Gasteiger partial charge in [0.1, 0.15) is 17.2 Å². The van der Waals surface area contributed by atoms with Gasteiger partial charge in [-0.3, -0.25) is 9.48 Å². The third-order valence-corrected chi connectivity index (χ3v) is 2.81. The maximum absolute atomic E-state index is 11.8. The van der Waals surface area contributed by atoms with E-state index in [1.54, 1.807) is 19.3 Å². The van der Waals surface area contributed by atoms with E-state index in [4.69, 9.17) is 4.42 Å².